The lowest BCUT2D eigenvalue weighted by molar-refractivity contribution is -0.140. The van der Waals surface area contributed by atoms with Crippen LogP contribution in [0.25, 0.3) is 5.76 Å². The van der Waals surface area contributed by atoms with Crippen molar-refractivity contribution in [2.24, 2.45) is 0 Å². The SMILES string of the molecule is COCCCN1C(=O)C(=O)/C(=C(/O)c2ccc(Cl)cc2)C1c1cccc(OC)c1OC. The number of Topliss-reactive ketones (excluding diaryl/α,β-unsaturated/α-hetero) is 1. The summed E-state index contributed by atoms with van der Waals surface area (Å²) >= 11 is 5.95. The molecule has 2 aromatic rings. The van der Waals surface area contributed by atoms with E-state index in [-0.39, 0.29) is 17.9 Å². The number of ether oxygens (including phenoxy) is 3. The number of para-hydroxylation sites is 1. The first-order chi connectivity index (χ1) is 14.9. The van der Waals surface area contributed by atoms with Crippen LogP contribution in [-0.4, -0.2) is 56.2 Å². The molecule has 3 rings (SSSR count). The van der Waals surface area contributed by atoms with Crippen LogP contribution in [0.15, 0.2) is 48.0 Å². The monoisotopic (exact) mass is 445 g/mol. The Kier molecular flexibility index (Phi) is 7.20. The van der Waals surface area contributed by atoms with Crippen LogP contribution < -0.4 is 9.47 Å². The number of nitrogens with zero attached hydrogens (tertiary/aromatic N) is 1. The van der Waals surface area contributed by atoms with Crippen molar-refractivity contribution in [3.63, 3.8) is 0 Å². The maximum Gasteiger partial charge on any atom is 0.295 e. The molecule has 8 heteroatoms. The predicted molar refractivity (Wildman–Crippen MR) is 117 cm³/mol. The zero-order valence-corrected chi connectivity index (χ0v) is 18.3. The van der Waals surface area contributed by atoms with E-state index in [1.165, 1.54) is 19.1 Å². The number of benzene rings is 2. The summed E-state index contributed by atoms with van der Waals surface area (Å²) in [6.45, 7) is 0.684. The van der Waals surface area contributed by atoms with Crippen LogP contribution in [0.4, 0.5) is 0 Å². The third-order valence-electron chi connectivity index (χ3n) is 5.13. The first kappa shape index (κ1) is 22.7. The standard InChI is InChI=1S/C23H24ClNO6/c1-29-13-5-12-25-19(16-6-4-7-17(30-2)22(16)31-3)18(21(27)23(25)28)20(26)14-8-10-15(24)11-9-14/h4,6-11,19,26H,5,12-13H2,1-3H3/b20-18+. The number of aliphatic hydroxyl groups excluding tert-OH is 1. The number of ketones is 1. The van der Waals surface area contributed by atoms with Crippen LogP contribution in [0.1, 0.15) is 23.6 Å². The molecule has 0 aromatic heterocycles. The van der Waals surface area contributed by atoms with E-state index in [0.717, 1.165) is 0 Å². The molecule has 1 saturated heterocycles. The molecule has 0 bridgehead atoms. The molecule has 0 aliphatic carbocycles. The third-order valence-corrected chi connectivity index (χ3v) is 5.39. The van der Waals surface area contributed by atoms with E-state index in [1.807, 2.05) is 0 Å². The quantitative estimate of drug-likeness (QED) is 0.288. The number of carbonyl (C=O) groups is 2. The third kappa shape index (κ3) is 4.38. The molecule has 1 heterocycles. The van der Waals surface area contributed by atoms with Crippen molar-refractivity contribution >= 4 is 29.1 Å². The summed E-state index contributed by atoms with van der Waals surface area (Å²) in [7, 11) is 4.56. The van der Waals surface area contributed by atoms with Crippen LogP contribution in [0.5, 0.6) is 11.5 Å². The lowest BCUT2D eigenvalue weighted by atomic mass is 9.94. The minimum Gasteiger partial charge on any atom is -0.507 e. The van der Waals surface area contributed by atoms with Crippen LogP contribution in [0, 0.1) is 0 Å². The molecule has 1 N–H and O–H groups in total. The van der Waals surface area contributed by atoms with Crippen molar-refractivity contribution in [1.29, 1.82) is 0 Å². The Morgan fingerprint density at radius 3 is 2.39 bits per heavy atom. The van der Waals surface area contributed by atoms with Gasteiger partial charge in [0.05, 0.1) is 25.8 Å². The molecule has 2 aromatic carbocycles. The molecule has 0 radical (unpaired) electrons. The van der Waals surface area contributed by atoms with Crippen molar-refractivity contribution in [3.8, 4) is 11.5 Å². The number of aliphatic hydroxyl groups is 1. The fourth-order valence-corrected chi connectivity index (χ4v) is 3.83. The minimum absolute atomic E-state index is 0.0173. The van der Waals surface area contributed by atoms with Gasteiger partial charge in [-0.05, 0) is 36.8 Å². The number of rotatable bonds is 8. The Bertz CT molecular complexity index is 1000. The van der Waals surface area contributed by atoms with Gasteiger partial charge >= 0.3 is 0 Å². The smallest absolute Gasteiger partial charge is 0.295 e. The van der Waals surface area contributed by atoms with Gasteiger partial charge in [0.2, 0.25) is 0 Å². The number of likely N-dealkylation sites (tertiary alicyclic amines) is 1. The topological polar surface area (TPSA) is 85.3 Å². The highest BCUT2D eigenvalue weighted by Gasteiger charge is 2.47. The second-order valence-electron chi connectivity index (χ2n) is 6.93. The largest absolute Gasteiger partial charge is 0.507 e. The molecule has 1 atom stereocenters. The number of carbonyl (C=O) groups excluding carboxylic acids is 2. The number of hydrogen-bond donors (Lipinski definition) is 1. The molecule has 1 unspecified atom stereocenters. The molecule has 0 spiro atoms. The molecule has 31 heavy (non-hydrogen) atoms. The van der Waals surface area contributed by atoms with Crippen LogP contribution >= 0.6 is 11.6 Å². The van der Waals surface area contributed by atoms with E-state index >= 15 is 0 Å². The van der Waals surface area contributed by atoms with Gasteiger partial charge in [0, 0.05) is 36.4 Å². The van der Waals surface area contributed by atoms with Gasteiger partial charge in [-0.1, -0.05) is 23.7 Å². The normalized spacial score (nSPS) is 17.8. The van der Waals surface area contributed by atoms with Crippen molar-refractivity contribution in [2.75, 3.05) is 34.5 Å². The minimum atomic E-state index is -0.849. The Morgan fingerprint density at radius 1 is 1.06 bits per heavy atom. The van der Waals surface area contributed by atoms with Crippen molar-refractivity contribution in [3.05, 3.63) is 64.2 Å². The molecular formula is C23H24ClNO6. The second-order valence-corrected chi connectivity index (χ2v) is 7.36. The first-order valence-corrected chi connectivity index (χ1v) is 10.1. The van der Waals surface area contributed by atoms with E-state index < -0.39 is 17.7 Å². The number of halogens is 1. The Hall–Kier alpha value is -3.03. The number of methoxy groups -OCH3 is 3. The second kappa shape index (κ2) is 9.85. The first-order valence-electron chi connectivity index (χ1n) is 9.68. The summed E-state index contributed by atoms with van der Waals surface area (Å²) < 4.78 is 16.0. The lowest BCUT2D eigenvalue weighted by Crippen LogP contribution is -2.31. The van der Waals surface area contributed by atoms with E-state index in [1.54, 1.807) is 49.6 Å². The highest BCUT2D eigenvalue weighted by atomic mass is 35.5. The van der Waals surface area contributed by atoms with E-state index in [2.05, 4.69) is 0 Å². The molecule has 1 amide bonds. The maximum absolute atomic E-state index is 13.0. The zero-order chi connectivity index (χ0) is 22.5. The average molecular weight is 446 g/mol. The summed E-state index contributed by atoms with van der Waals surface area (Å²) in [5.41, 5.74) is 0.899. The molecule has 1 fully saturated rings. The molecular weight excluding hydrogens is 422 g/mol. The van der Waals surface area contributed by atoms with Gasteiger partial charge < -0.3 is 24.2 Å². The highest BCUT2D eigenvalue weighted by Crippen LogP contribution is 2.45. The Morgan fingerprint density at radius 2 is 1.77 bits per heavy atom. The van der Waals surface area contributed by atoms with Crippen LogP contribution in [0.2, 0.25) is 5.02 Å². The van der Waals surface area contributed by atoms with Crippen LogP contribution in [-0.2, 0) is 14.3 Å². The van der Waals surface area contributed by atoms with Crippen molar-refractivity contribution in [2.45, 2.75) is 12.5 Å². The fraction of sp³-hybridized carbons (Fsp3) is 0.304. The summed E-state index contributed by atoms with van der Waals surface area (Å²) in [6.07, 6.45) is 0.521. The van der Waals surface area contributed by atoms with Gasteiger partial charge in [-0.2, -0.15) is 0 Å². The zero-order valence-electron chi connectivity index (χ0n) is 17.6. The maximum atomic E-state index is 13.0. The van der Waals surface area contributed by atoms with Crippen molar-refractivity contribution < 1.29 is 28.9 Å². The van der Waals surface area contributed by atoms with Gasteiger partial charge in [-0.3, -0.25) is 9.59 Å². The van der Waals surface area contributed by atoms with Gasteiger partial charge in [0.25, 0.3) is 11.7 Å². The van der Waals surface area contributed by atoms with Gasteiger partial charge in [-0.15, -0.1) is 0 Å². The Labute approximate surface area is 185 Å². The summed E-state index contributed by atoms with van der Waals surface area (Å²) in [4.78, 5) is 27.4. The molecule has 0 saturated carbocycles. The van der Waals surface area contributed by atoms with Gasteiger partial charge in [-0.25, -0.2) is 0 Å². The molecule has 7 nitrogen and oxygen atoms in total. The fourth-order valence-electron chi connectivity index (χ4n) is 3.70. The van der Waals surface area contributed by atoms with Gasteiger partial charge in [0.15, 0.2) is 11.5 Å². The Balaban J connectivity index is 2.21. The lowest BCUT2D eigenvalue weighted by Gasteiger charge is -2.27. The predicted octanol–water partition coefficient (Wildman–Crippen LogP) is 3.82. The summed E-state index contributed by atoms with van der Waals surface area (Å²) in [5, 5.41) is 11.5. The average Bonchev–Trinajstić information content (AvgIpc) is 3.03. The van der Waals surface area contributed by atoms with E-state index in [9.17, 15) is 14.7 Å². The van der Waals surface area contributed by atoms with E-state index in [0.29, 0.717) is 40.7 Å². The summed E-state index contributed by atoms with van der Waals surface area (Å²) in [5.74, 6) is -0.898. The van der Waals surface area contributed by atoms with Crippen LogP contribution in [0.3, 0.4) is 0 Å². The van der Waals surface area contributed by atoms with Crippen molar-refractivity contribution in [1.82, 2.24) is 4.90 Å². The number of hydrogen-bond acceptors (Lipinski definition) is 6. The van der Waals surface area contributed by atoms with E-state index in [4.69, 9.17) is 25.8 Å². The molecule has 1 aliphatic rings. The number of amides is 1. The molecule has 164 valence electrons. The van der Waals surface area contributed by atoms with Gasteiger partial charge in [0.1, 0.15) is 5.76 Å². The molecule has 1 aliphatic heterocycles. The highest BCUT2D eigenvalue weighted by molar-refractivity contribution is 6.46. The summed E-state index contributed by atoms with van der Waals surface area (Å²) in [6, 6.07) is 10.8.